The van der Waals surface area contributed by atoms with Crippen molar-refractivity contribution in [1.82, 2.24) is 5.32 Å². The average Bonchev–Trinajstić information content (AvgIpc) is 3.25. The first-order chi connectivity index (χ1) is 13.3. The van der Waals surface area contributed by atoms with Crippen molar-refractivity contribution in [3.8, 4) is 0 Å². The summed E-state index contributed by atoms with van der Waals surface area (Å²) >= 11 is 0. The number of primary sulfonamides is 1. The van der Waals surface area contributed by atoms with Crippen LogP contribution < -0.4 is 10.5 Å². The molecule has 0 saturated heterocycles. The fourth-order valence-corrected chi connectivity index (χ4v) is 4.30. The molecular formula is C21H22N2O4S. The van der Waals surface area contributed by atoms with Crippen LogP contribution in [0, 0.1) is 0 Å². The summed E-state index contributed by atoms with van der Waals surface area (Å²) in [5.74, 6) is -0.119. The Morgan fingerprint density at radius 3 is 2.54 bits per heavy atom. The van der Waals surface area contributed by atoms with Crippen molar-refractivity contribution in [1.29, 1.82) is 0 Å². The number of rotatable bonds is 5. The molecule has 146 valence electrons. The maximum absolute atomic E-state index is 12.5. The highest BCUT2D eigenvalue weighted by Crippen LogP contribution is 2.30. The molecule has 3 aromatic rings. The molecule has 6 nitrogen and oxygen atoms in total. The SMILES string of the molecule is C[C@@H](NC(=O)Cc1coc2cc3c(cc12)CCC3)c1ccc(S(N)(=O)=O)cc1. The van der Waals surface area contributed by atoms with Gasteiger partial charge in [-0.2, -0.15) is 0 Å². The van der Waals surface area contributed by atoms with Crippen LogP contribution in [0.1, 0.15) is 41.6 Å². The van der Waals surface area contributed by atoms with Crippen LogP contribution in [0.15, 0.2) is 52.0 Å². The Kier molecular flexibility index (Phi) is 4.72. The molecule has 0 spiro atoms. The van der Waals surface area contributed by atoms with Crippen molar-refractivity contribution < 1.29 is 17.6 Å². The van der Waals surface area contributed by atoms with Crippen molar-refractivity contribution in [3.63, 3.8) is 0 Å². The summed E-state index contributed by atoms with van der Waals surface area (Å²) < 4.78 is 28.4. The Morgan fingerprint density at radius 2 is 1.86 bits per heavy atom. The van der Waals surface area contributed by atoms with E-state index in [0.717, 1.165) is 34.9 Å². The van der Waals surface area contributed by atoms with Crippen LogP contribution in [-0.4, -0.2) is 14.3 Å². The molecule has 1 aliphatic carbocycles. The largest absolute Gasteiger partial charge is 0.464 e. The average molecular weight is 398 g/mol. The molecule has 1 heterocycles. The van der Waals surface area contributed by atoms with E-state index >= 15 is 0 Å². The second-order valence-corrected chi connectivity index (χ2v) is 8.87. The van der Waals surface area contributed by atoms with Crippen LogP contribution in [0.3, 0.4) is 0 Å². The van der Waals surface area contributed by atoms with Gasteiger partial charge >= 0.3 is 0 Å². The van der Waals surface area contributed by atoms with Gasteiger partial charge in [0, 0.05) is 10.9 Å². The van der Waals surface area contributed by atoms with Crippen LogP contribution in [0.5, 0.6) is 0 Å². The van der Waals surface area contributed by atoms with Gasteiger partial charge in [-0.25, -0.2) is 13.6 Å². The molecule has 0 fully saturated rings. The third kappa shape index (κ3) is 3.68. The van der Waals surface area contributed by atoms with Gasteiger partial charge in [-0.1, -0.05) is 12.1 Å². The van der Waals surface area contributed by atoms with E-state index in [4.69, 9.17) is 9.56 Å². The van der Waals surface area contributed by atoms with E-state index in [2.05, 4.69) is 17.4 Å². The summed E-state index contributed by atoms with van der Waals surface area (Å²) in [6.07, 6.45) is 5.22. The molecule has 1 aliphatic rings. The highest BCUT2D eigenvalue weighted by molar-refractivity contribution is 7.89. The van der Waals surface area contributed by atoms with E-state index in [1.807, 2.05) is 6.92 Å². The third-order valence-corrected chi connectivity index (χ3v) is 6.23. The number of hydrogen-bond donors (Lipinski definition) is 2. The lowest BCUT2D eigenvalue weighted by molar-refractivity contribution is -0.121. The number of nitrogens with one attached hydrogen (secondary N) is 1. The summed E-state index contributed by atoms with van der Waals surface area (Å²) in [5.41, 5.74) is 5.19. The van der Waals surface area contributed by atoms with E-state index in [9.17, 15) is 13.2 Å². The molecule has 4 rings (SSSR count). The molecular weight excluding hydrogens is 376 g/mol. The molecule has 28 heavy (non-hydrogen) atoms. The number of nitrogens with two attached hydrogens (primary N) is 1. The topological polar surface area (TPSA) is 102 Å². The molecule has 0 bridgehead atoms. The van der Waals surface area contributed by atoms with Crippen LogP contribution >= 0.6 is 0 Å². The first-order valence-electron chi connectivity index (χ1n) is 9.25. The van der Waals surface area contributed by atoms with Crippen LogP contribution in [0.25, 0.3) is 11.0 Å². The van der Waals surface area contributed by atoms with Crippen molar-refractivity contribution >= 4 is 26.9 Å². The lowest BCUT2D eigenvalue weighted by Gasteiger charge is -2.14. The zero-order valence-electron chi connectivity index (χ0n) is 15.6. The standard InChI is InChI=1S/C21H22N2O4S/c1-13(14-5-7-18(8-6-14)28(22,25)26)23-21(24)11-17-12-27-20-10-16-4-2-3-15(16)9-19(17)20/h5-10,12-13H,2-4,11H2,1H3,(H,23,24)(H2,22,25,26)/t13-/m1/s1. The summed E-state index contributed by atoms with van der Waals surface area (Å²) in [6.45, 7) is 1.85. The van der Waals surface area contributed by atoms with Crippen molar-refractivity contribution in [2.24, 2.45) is 5.14 Å². The Balaban J connectivity index is 1.46. The van der Waals surface area contributed by atoms with E-state index < -0.39 is 10.0 Å². The Hall–Kier alpha value is -2.64. The molecule has 3 N–H and O–H groups in total. The van der Waals surface area contributed by atoms with Gasteiger partial charge in [-0.05, 0) is 67.1 Å². The van der Waals surface area contributed by atoms with Gasteiger partial charge in [0.05, 0.1) is 23.6 Å². The number of benzene rings is 2. The second kappa shape index (κ2) is 7.07. The fraction of sp³-hybridized carbons (Fsp3) is 0.286. The normalized spacial score (nSPS) is 14.8. The third-order valence-electron chi connectivity index (χ3n) is 5.31. The molecule has 1 amide bonds. The first kappa shape index (κ1) is 18.7. The van der Waals surface area contributed by atoms with Crippen LogP contribution in [0.4, 0.5) is 0 Å². The smallest absolute Gasteiger partial charge is 0.238 e. The maximum Gasteiger partial charge on any atom is 0.238 e. The van der Waals surface area contributed by atoms with Crippen LogP contribution in [-0.2, 0) is 34.1 Å². The number of sulfonamides is 1. The van der Waals surface area contributed by atoms with Gasteiger partial charge in [-0.15, -0.1) is 0 Å². The first-order valence-corrected chi connectivity index (χ1v) is 10.8. The molecule has 0 radical (unpaired) electrons. The minimum atomic E-state index is -3.73. The zero-order chi connectivity index (χ0) is 19.9. The van der Waals surface area contributed by atoms with E-state index in [1.165, 1.54) is 29.7 Å². The van der Waals surface area contributed by atoms with E-state index in [-0.39, 0.29) is 23.3 Å². The summed E-state index contributed by atoms with van der Waals surface area (Å²) in [5, 5.41) is 9.06. The predicted octanol–water partition coefficient (Wildman–Crippen LogP) is 2.99. The summed E-state index contributed by atoms with van der Waals surface area (Å²) in [6, 6.07) is 10.2. The number of hydrogen-bond acceptors (Lipinski definition) is 4. The Labute approximate surface area is 163 Å². The minimum Gasteiger partial charge on any atom is -0.464 e. The van der Waals surface area contributed by atoms with Crippen molar-refractivity contribution in [3.05, 3.63) is 64.9 Å². The van der Waals surface area contributed by atoms with Crippen molar-refractivity contribution in [2.45, 2.75) is 43.5 Å². The number of furan rings is 1. The fourth-order valence-electron chi connectivity index (χ4n) is 3.78. The Morgan fingerprint density at radius 1 is 1.18 bits per heavy atom. The predicted molar refractivity (Wildman–Crippen MR) is 106 cm³/mol. The second-order valence-electron chi connectivity index (χ2n) is 7.31. The molecule has 7 heteroatoms. The van der Waals surface area contributed by atoms with Crippen molar-refractivity contribution in [2.75, 3.05) is 0 Å². The summed E-state index contributed by atoms with van der Waals surface area (Å²) in [4.78, 5) is 12.6. The number of carbonyl (C=O) groups excluding carboxylic acids is 1. The number of carbonyl (C=O) groups is 1. The number of aryl methyl sites for hydroxylation is 2. The molecule has 2 aromatic carbocycles. The lowest BCUT2D eigenvalue weighted by atomic mass is 10.0. The van der Waals surface area contributed by atoms with Gasteiger partial charge in [-0.3, -0.25) is 4.79 Å². The van der Waals surface area contributed by atoms with Gasteiger partial charge < -0.3 is 9.73 Å². The van der Waals surface area contributed by atoms with Crippen LogP contribution in [0.2, 0.25) is 0 Å². The number of fused-ring (bicyclic) bond motifs is 2. The summed E-state index contributed by atoms with van der Waals surface area (Å²) in [7, 11) is -3.73. The molecule has 0 unspecified atom stereocenters. The Bertz CT molecular complexity index is 1150. The minimum absolute atomic E-state index is 0.0483. The molecule has 1 aromatic heterocycles. The van der Waals surface area contributed by atoms with Gasteiger partial charge in [0.25, 0.3) is 0 Å². The lowest BCUT2D eigenvalue weighted by Crippen LogP contribution is -2.28. The highest BCUT2D eigenvalue weighted by Gasteiger charge is 2.18. The highest BCUT2D eigenvalue weighted by atomic mass is 32.2. The van der Waals surface area contributed by atoms with Gasteiger partial charge in [0.2, 0.25) is 15.9 Å². The molecule has 0 saturated carbocycles. The molecule has 0 aliphatic heterocycles. The van der Waals surface area contributed by atoms with E-state index in [1.54, 1.807) is 18.4 Å². The van der Waals surface area contributed by atoms with E-state index in [0.29, 0.717) is 0 Å². The van der Waals surface area contributed by atoms with Gasteiger partial charge in [0.1, 0.15) is 5.58 Å². The van der Waals surface area contributed by atoms with Gasteiger partial charge in [0.15, 0.2) is 0 Å². The molecule has 1 atom stereocenters. The quantitative estimate of drug-likeness (QED) is 0.690. The maximum atomic E-state index is 12.5. The number of amides is 1. The zero-order valence-corrected chi connectivity index (χ0v) is 16.4. The monoisotopic (exact) mass is 398 g/mol.